The third kappa shape index (κ3) is 2.33. The molecule has 0 amide bonds. The van der Waals surface area contributed by atoms with Gasteiger partial charge >= 0.3 is 0 Å². The fourth-order valence-corrected chi connectivity index (χ4v) is 3.07. The summed E-state index contributed by atoms with van der Waals surface area (Å²) in [5.74, 6) is 0. The summed E-state index contributed by atoms with van der Waals surface area (Å²) in [7, 11) is 0. The Balaban J connectivity index is 2.28. The maximum Gasteiger partial charge on any atom is 0.0321 e. The minimum absolute atomic E-state index is 0.550. The molecule has 1 heterocycles. The van der Waals surface area contributed by atoms with Gasteiger partial charge in [-0.2, -0.15) is 0 Å². The summed E-state index contributed by atoms with van der Waals surface area (Å²) in [6, 6.07) is 6.99. The normalized spacial score (nSPS) is 22.2. The molecule has 0 radical (unpaired) electrons. The van der Waals surface area contributed by atoms with Crippen molar-refractivity contribution in [3.8, 4) is 0 Å². The van der Waals surface area contributed by atoms with Gasteiger partial charge in [-0.15, -0.1) is 0 Å². The van der Waals surface area contributed by atoms with Gasteiger partial charge < -0.3 is 5.32 Å². The van der Waals surface area contributed by atoms with Crippen LogP contribution in [0.25, 0.3) is 0 Å². The van der Waals surface area contributed by atoms with Crippen LogP contribution in [-0.4, -0.2) is 6.54 Å². The first-order chi connectivity index (χ1) is 6.25. The number of hydrogen-bond donors (Lipinski definition) is 1. The summed E-state index contributed by atoms with van der Waals surface area (Å²) in [5, 5.41) is 3.49. The van der Waals surface area contributed by atoms with Gasteiger partial charge in [0.05, 0.1) is 0 Å². The molecule has 1 aliphatic heterocycles. The second kappa shape index (κ2) is 4.11. The molecule has 1 aromatic rings. The maximum atomic E-state index is 3.50. The van der Waals surface area contributed by atoms with Crippen LogP contribution >= 0.6 is 31.9 Å². The van der Waals surface area contributed by atoms with Crippen LogP contribution in [0, 0.1) is 0 Å². The van der Waals surface area contributed by atoms with Gasteiger partial charge in [0.25, 0.3) is 0 Å². The number of halogens is 2. The monoisotopic (exact) mass is 303 g/mol. The van der Waals surface area contributed by atoms with Crippen LogP contribution in [0.15, 0.2) is 27.1 Å². The molecule has 0 spiro atoms. The molecule has 1 aliphatic rings. The van der Waals surface area contributed by atoms with Gasteiger partial charge in [-0.05, 0) is 43.1 Å². The van der Waals surface area contributed by atoms with E-state index in [2.05, 4.69) is 55.4 Å². The molecule has 1 atom stereocenters. The highest BCUT2D eigenvalue weighted by Gasteiger charge is 2.16. The molecule has 1 fully saturated rings. The Kier molecular flexibility index (Phi) is 3.06. The van der Waals surface area contributed by atoms with Crippen molar-refractivity contribution >= 4 is 31.9 Å². The lowest BCUT2D eigenvalue weighted by Crippen LogP contribution is -2.12. The largest absolute Gasteiger partial charge is 0.310 e. The lowest BCUT2D eigenvalue weighted by molar-refractivity contribution is 0.647. The first-order valence-corrected chi connectivity index (χ1v) is 6.04. The number of rotatable bonds is 1. The summed E-state index contributed by atoms with van der Waals surface area (Å²) < 4.78 is 2.29. The Bertz CT molecular complexity index is 286. The zero-order valence-corrected chi connectivity index (χ0v) is 10.4. The van der Waals surface area contributed by atoms with Crippen LogP contribution in [0.3, 0.4) is 0 Å². The molecule has 0 saturated carbocycles. The molecule has 2 rings (SSSR count). The van der Waals surface area contributed by atoms with Crippen LogP contribution in [0.5, 0.6) is 0 Å². The molecule has 1 saturated heterocycles. The van der Waals surface area contributed by atoms with E-state index in [-0.39, 0.29) is 0 Å². The molecule has 0 bridgehead atoms. The van der Waals surface area contributed by atoms with Crippen LogP contribution < -0.4 is 5.32 Å². The molecule has 70 valence electrons. The Labute approximate surface area is 95.2 Å². The maximum absolute atomic E-state index is 3.50. The minimum atomic E-state index is 0.550. The van der Waals surface area contributed by atoms with Crippen molar-refractivity contribution in [3.05, 3.63) is 32.7 Å². The Hall–Kier alpha value is 0.140. The highest BCUT2D eigenvalue weighted by molar-refractivity contribution is 9.11. The molecule has 0 aromatic heterocycles. The van der Waals surface area contributed by atoms with Gasteiger partial charge in [-0.25, -0.2) is 0 Å². The summed E-state index contributed by atoms with van der Waals surface area (Å²) in [4.78, 5) is 0. The Morgan fingerprint density at radius 1 is 1.15 bits per heavy atom. The third-order valence-electron chi connectivity index (χ3n) is 2.35. The van der Waals surface area contributed by atoms with E-state index < -0.39 is 0 Å². The van der Waals surface area contributed by atoms with E-state index in [0.29, 0.717) is 6.04 Å². The SMILES string of the molecule is Brc1cc(Br)cc(C2CCCN2)c1. The van der Waals surface area contributed by atoms with Crippen molar-refractivity contribution in [3.63, 3.8) is 0 Å². The van der Waals surface area contributed by atoms with Gasteiger partial charge in [0.15, 0.2) is 0 Å². The van der Waals surface area contributed by atoms with E-state index >= 15 is 0 Å². The van der Waals surface area contributed by atoms with E-state index in [1.165, 1.54) is 18.4 Å². The second-order valence-electron chi connectivity index (χ2n) is 3.35. The van der Waals surface area contributed by atoms with E-state index in [9.17, 15) is 0 Å². The van der Waals surface area contributed by atoms with Gasteiger partial charge in [-0.3, -0.25) is 0 Å². The average molecular weight is 305 g/mol. The van der Waals surface area contributed by atoms with Crippen molar-refractivity contribution in [1.29, 1.82) is 0 Å². The molecular weight excluding hydrogens is 294 g/mol. The molecule has 1 N–H and O–H groups in total. The predicted octanol–water partition coefficient (Wildman–Crippen LogP) is 3.64. The quantitative estimate of drug-likeness (QED) is 0.835. The highest BCUT2D eigenvalue weighted by Crippen LogP contribution is 2.28. The fourth-order valence-electron chi connectivity index (χ4n) is 1.75. The van der Waals surface area contributed by atoms with Gasteiger partial charge in [-0.1, -0.05) is 31.9 Å². The molecule has 0 aliphatic carbocycles. The summed E-state index contributed by atoms with van der Waals surface area (Å²) in [6.45, 7) is 1.15. The van der Waals surface area contributed by atoms with Crippen molar-refractivity contribution in [2.45, 2.75) is 18.9 Å². The number of nitrogens with one attached hydrogen (secondary N) is 1. The molecule has 3 heteroatoms. The van der Waals surface area contributed by atoms with Crippen molar-refractivity contribution in [1.82, 2.24) is 5.32 Å². The van der Waals surface area contributed by atoms with Gasteiger partial charge in [0, 0.05) is 15.0 Å². The lowest BCUT2D eigenvalue weighted by atomic mass is 10.1. The van der Waals surface area contributed by atoms with Crippen LogP contribution in [0.1, 0.15) is 24.4 Å². The predicted molar refractivity (Wildman–Crippen MR) is 61.8 cm³/mol. The van der Waals surface area contributed by atoms with E-state index in [1.54, 1.807) is 0 Å². The molecule has 1 aromatic carbocycles. The molecule has 1 nitrogen and oxygen atoms in total. The molecule has 1 unspecified atom stereocenters. The van der Waals surface area contributed by atoms with E-state index in [1.807, 2.05) is 0 Å². The zero-order valence-electron chi connectivity index (χ0n) is 7.19. The zero-order chi connectivity index (χ0) is 9.26. The fraction of sp³-hybridized carbons (Fsp3) is 0.400. The van der Waals surface area contributed by atoms with Gasteiger partial charge in [0.2, 0.25) is 0 Å². The Morgan fingerprint density at radius 3 is 2.38 bits per heavy atom. The Morgan fingerprint density at radius 2 is 1.85 bits per heavy atom. The summed E-state index contributed by atoms with van der Waals surface area (Å²) >= 11 is 7.00. The standard InChI is InChI=1S/C10H11Br2N/c11-8-4-7(5-9(12)6-8)10-2-1-3-13-10/h4-6,10,13H,1-3H2. The molecular formula is C10H11Br2N. The van der Waals surface area contributed by atoms with Crippen LogP contribution in [0.2, 0.25) is 0 Å². The topological polar surface area (TPSA) is 12.0 Å². The van der Waals surface area contributed by atoms with Gasteiger partial charge in [0.1, 0.15) is 0 Å². The smallest absolute Gasteiger partial charge is 0.0321 e. The highest BCUT2D eigenvalue weighted by atomic mass is 79.9. The average Bonchev–Trinajstić information content (AvgIpc) is 2.53. The summed E-state index contributed by atoms with van der Waals surface area (Å²) in [6.07, 6.45) is 2.54. The van der Waals surface area contributed by atoms with Crippen LogP contribution in [0.4, 0.5) is 0 Å². The second-order valence-corrected chi connectivity index (χ2v) is 5.18. The third-order valence-corrected chi connectivity index (χ3v) is 3.26. The van der Waals surface area contributed by atoms with Crippen molar-refractivity contribution in [2.24, 2.45) is 0 Å². The van der Waals surface area contributed by atoms with E-state index in [0.717, 1.165) is 15.5 Å². The number of hydrogen-bond acceptors (Lipinski definition) is 1. The minimum Gasteiger partial charge on any atom is -0.310 e. The first-order valence-electron chi connectivity index (χ1n) is 4.45. The van der Waals surface area contributed by atoms with Crippen molar-refractivity contribution < 1.29 is 0 Å². The van der Waals surface area contributed by atoms with E-state index in [4.69, 9.17) is 0 Å². The summed E-state index contributed by atoms with van der Waals surface area (Å²) in [5.41, 5.74) is 1.37. The molecule has 13 heavy (non-hydrogen) atoms. The number of benzene rings is 1. The first kappa shape index (κ1) is 9.69. The van der Waals surface area contributed by atoms with Crippen LogP contribution in [-0.2, 0) is 0 Å². The lowest BCUT2D eigenvalue weighted by Gasteiger charge is -2.11. The van der Waals surface area contributed by atoms with Crippen molar-refractivity contribution in [2.75, 3.05) is 6.54 Å².